The van der Waals surface area contributed by atoms with Crippen LogP contribution in [0.3, 0.4) is 0 Å². The Kier molecular flexibility index (Phi) is 2.70. The molecule has 1 nitrogen and oxygen atoms in total. The van der Waals surface area contributed by atoms with Crippen LogP contribution in [0.4, 0.5) is 4.39 Å². The lowest BCUT2D eigenvalue weighted by molar-refractivity contribution is 0.108. The Balaban J connectivity index is 3.31. The Morgan fingerprint density at radius 2 is 2.08 bits per heavy atom. The first-order valence-electron chi connectivity index (χ1n) is 3.18. The molecular weight excluding hydrogens is 202 g/mol. The molecule has 0 aliphatic rings. The molecule has 0 aliphatic carbocycles. The monoisotopic (exact) mass is 206 g/mol. The van der Waals surface area contributed by atoms with E-state index in [1.807, 2.05) is 0 Å². The van der Waals surface area contributed by atoms with Crippen LogP contribution in [0, 0.1) is 12.7 Å². The van der Waals surface area contributed by atoms with Gasteiger partial charge in [0.15, 0.2) is 0 Å². The van der Waals surface area contributed by atoms with Crippen molar-refractivity contribution in [1.29, 1.82) is 0 Å². The van der Waals surface area contributed by atoms with Gasteiger partial charge in [0.2, 0.25) is 0 Å². The highest BCUT2D eigenvalue weighted by Crippen LogP contribution is 2.21. The quantitative estimate of drug-likeness (QED) is 0.646. The first-order valence-corrected chi connectivity index (χ1v) is 3.93. The van der Waals surface area contributed by atoms with E-state index in [1.165, 1.54) is 6.07 Å². The van der Waals surface area contributed by atoms with Gasteiger partial charge in [0.05, 0.1) is 5.02 Å². The third kappa shape index (κ3) is 1.76. The van der Waals surface area contributed by atoms with Crippen molar-refractivity contribution < 1.29 is 9.18 Å². The van der Waals surface area contributed by atoms with Crippen LogP contribution >= 0.6 is 23.2 Å². The van der Waals surface area contributed by atoms with E-state index < -0.39 is 11.1 Å². The first-order chi connectivity index (χ1) is 5.52. The Bertz CT molecular complexity index is 313. The molecule has 4 heteroatoms. The maximum atomic E-state index is 12.9. The Hall–Kier alpha value is -0.600. The second kappa shape index (κ2) is 3.42. The minimum atomic E-state index is -0.686. The molecule has 0 amide bonds. The molecule has 0 aromatic heterocycles. The SMILES string of the molecule is Cc1cc(C(=O)Cl)cc(F)c1Cl. The summed E-state index contributed by atoms with van der Waals surface area (Å²) < 4.78 is 12.9. The summed E-state index contributed by atoms with van der Waals surface area (Å²) in [4.78, 5) is 10.6. The number of halogens is 3. The van der Waals surface area contributed by atoms with Gasteiger partial charge < -0.3 is 0 Å². The summed E-state index contributed by atoms with van der Waals surface area (Å²) in [7, 11) is 0. The van der Waals surface area contributed by atoms with E-state index in [9.17, 15) is 9.18 Å². The minimum absolute atomic E-state index is 0.0247. The van der Waals surface area contributed by atoms with E-state index >= 15 is 0 Å². The van der Waals surface area contributed by atoms with Crippen LogP contribution in [0.15, 0.2) is 12.1 Å². The van der Waals surface area contributed by atoms with E-state index in [4.69, 9.17) is 23.2 Å². The van der Waals surface area contributed by atoms with Gasteiger partial charge in [-0.25, -0.2) is 4.39 Å². The van der Waals surface area contributed by atoms with Crippen LogP contribution in [0.5, 0.6) is 0 Å². The number of hydrogen-bond acceptors (Lipinski definition) is 1. The van der Waals surface area contributed by atoms with Crippen LogP contribution in [0.25, 0.3) is 0 Å². The van der Waals surface area contributed by atoms with Crippen LogP contribution < -0.4 is 0 Å². The molecule has 0 saturated carbocycles. The van der Waals surface area contributed by atoms with Crippen molar-refractivity contribution in [2.24, 2.45) is 0 Å². The predicted molar refractivity (Wildman–Crippen MR) is 46.3 cm³/mol. The van der Waals surface area contributed by atoms with Crippen molar-refractivity contribution >= 4 is 28.4 Å². The third-order valence-corrected chi connectivity index (χ3v) is 2.13. The van der Waals surface area contributed by atoms with Gasteiger partial charge >= 0.3 is 0 Å². The summed E-state index contributed by atoms with van der Waals surface area (Å²) in [5.41, 5.74) is 0.622. The molecule has 0 spiro atoms. The summed E-state index contributed by atoms with van der Waals surface area (Å²) in [6.45, 7) is 1.61. The normalized spacial score (nSPS) is 10.0. The predicted octanol–water partition coefficient (Wildman–Crippen LogP) is 3.17. The maximum absolute atomic E-state index is 12.9. The highest BCUT2D eigenvalue weighted by Gasteiger charge is 2.09. The van der Waals surface area contributed by atoms with Crippen molar-refractivity contribution in [1.82, 2.24) is 0 Å². The molecule has 0 unspecified atom stereocenters. The average molecular weight is 207 g/mol. The zero-order chi connectivity index (χ0) is 9.30. The molecule has 0 atom stereocenters. The van der Waals surface area contributed by atoms with E-state index in [0.29, 0.717) is 5.56 Å². The summed E-state index contributed by atoms with van der Waals surface area (Å²) in [6.07, 6.45) is 0. The van der Waals surface area contributed by atoms with Crippen molar-refractivity contribution in [3.63, 3.8) is 0 Å². The van der Waals surface area contributed by atoms with Crippen molar-refractivity contribution in [2.45, 2.75) is 6.92 Å². The van der Waals surface area contributed by atoms with Crippen LogP contribution in [0.1, 0.15) is 15.9 Å². The minimum Gasteiger partial charge on any atom is -0.276 e. The number of rotatable bonds is 1. The summed E-state index contributed by atoms with van der Waals surface area (Å²) in [6, 6.07) is 2.46. The zero-order valence-electron chi connectivity index (χ0n) is 6.20. The van der Waals surface area contributed by atoms with Gasteiger partial charge in [0.25, 0.3) is 5.24 Å². The number of carbonyl (C=O) groups is 1. The number of carbonyl (C=O) groups excluding carboxylic acids is 1. The van der Waals surface area contributed by atoms with E-state index in [1.54, 1.807) is 6.92 Å². The zero-order valence-corrected chi connectivity index (χ0v) is 7.71. The largest absolute Gasteiger partial charge is 0.276 e. The molecule has 1 aromatic rings. The Morgan fingerprint density at radius 3 is 2.50 bits per heavy atom. The fraction of sp³-hybridized carbons (Fsp3) is 0.125. The van der Waals surface area contributed by atoms with Crippen LogP contribution in [-0.2, 0) is 0 Å². The molecule has 0 fully saturated rings. The molecule has 12 heavy (non-hydrogen) atoms. The molecule has 0 heterocycles. The van der Waals surface area contributed by atoms with E-state index in [-0.39, 0.29) is 10.6 Å². The second-order valence-corrected chi connectivity index (χ2v) is 3.08. The van der Waals surface area contributed by atoms with E-state index in [0.717, 1.165) is 6.07 Å². The number of benzene rings is 1. The number of hydrogen-bond donors (Lipinski definition) is 0. The lowest BCUT2D eigenvalue weighted by atomic mass is 10.1. The molecule has 0 radical (unpaired) electrons. The summed E-state index contributed by atoms with van der Waals surface area (Å²) in [5.74, 6) is -0.624. The standard InChI is InChI=1S/C8H5Cl2FO/c1-4-2-5(8(10)12)3-6(11)7(4)9/h2-3H,1H3. The number of aryl methyl sites for hydroxylation is 1. The molecule has 1 rings (SSSR count). The second-order valence-electron chi connectivity index (χ2n) is 2.36. The van der Waals surface area contributed by atoms with Gasteiger partial charge in [0, 0.05) is 5.56 Å². The van der Waals surface area contributed by atoms with Crippen molar-refractivity contribution in [3.05, 3.63) is 34.1 Å². The lowest BCUT2D eigenvalue weighted by Gasteiger charge is -2.00. The smallest absolute Gasteiger partial charge is 0.252 e. The average Bonchev–Trinajstić information content (AvgIpc) is 1.99. The highest BCUT2D eigenvalue weighted by atomic mass is 35.5. The molecule has 64 valence electrons. The molecule has 0 aliphatic heterocycles. The van der Waals surface area contributed by atoms with Gasteiger partial charge in [-0.3, -0.25) is 4.79 Å². The Labute approximate surface area is 79.1 Å². The van der Waals surface area contributed by atoms with Gasteiger partial charge in [-0.2, -0.15) is 0 Å². The van der Waals surface area contributed by atoms with Crippen LogP contribution in [-0.4, -0.2) is 5.24 Å². The molecule has 0 saturated heterocycles. The topological polar surface area (TPSA) is 17.1 Å². The Morgan fingerprint density at radius 1 is 1.50 bits per heavy atom. The molecule has 0 bridgehead atoms. The molecule has 1 aromatic carbocycles. The van der Waals surface area contributed by atoms with Gasteiger partial charge in [-0.05, 0) is 36.2 Å². The fourth-order valence-electron chi connectivity index (χ4n) is 0.840. The molecular formula is C8H5Cl2FO. The van der Waals surface area contributed by atoms with Gasteiger partial charge in [-0.15, -0.1) is 0 Å². The molecule has 0 N–H and O–H groups in total. The third-order valence-electron chi connectivity index (χ3n) is 1.44. The fourth-order valence-corrected chi connectivity index (χ4v) is 1.06. The highest BCUT2D eigenvalue weighted by molar-refractivity contribution is 6.67. The van der Waals surface area contributed by atoms with Crippen LogP contribution in [0.2, 0.25) is 5.02 Å². The maximum Gasteiger partial charge on any atom is 0.252 e. The van der Waals surface area contributed by atoms with Gasteiger partial charge in [-0.1, -0.05) is 11.6 Å². The lowest BCUT2D eigenvalue weighted by Crippen LogP contribution is -1.92. The van der Waals surface area contributed by atoms with Crippen molar-refractivity contribution in [3.8, 4) is 0 Å². The summed E-state index contributed by atoms with van der Waals surface area (Å²) in [5, 5.41) is -0.662. The summed E-state index contributed by atoms with van der Waals surface area (Å²) >= 11 is 10.7. The van der Waals surface area contributed by atoms with Crippen molar-refractivity contribution in [2.75, 3.05) is 0 Å². The first kappa shape index (κ1) is 9.49. The van der Waals surface area contributed by atoms with Gasteiger partial charge in [0.1, 0.15) is 5.82 Å². The van der Waals surface area contributed by atoms with E-state index in [2.05, 4.69) is 0 Å².